The standard InChI is InChI=1S/C10H19N3O2S/c1-5-16(14,15)11-6-7-13-10(4)8(2)9(3)12-13/h11H,5-7H2,1-4H3. The highest BCUT2D eigenvalue weighted by atomic mass is 32.2. The SMILES string of the molecule is CCS(=O)(=O)NCCn1nc(C)c(C)c1C. The summed E-state index contributed by atoms with van der Waals surface area (Å²) in [7, 11) is -3.10. The quantitative estimate of drug-likeness (QED) is 0.832. The molecule has 5 nitrogen and oxygen atoms in total. The van der Waals surface area contributed by atoms with Crippen LogP contribution in [0.2, 0.25) is 0 Å². The summed E-state index contributed by atoms with van der Waals surface area (Å²) >= 11 is 0. The zero-order valence-corrected chi connectivity index (χ0v) is 11.1. The van der Waals surface area contributed by atoms with E-state index >= 15 is 0 Å². The zero-order chi connectivity index (χ0) is 12.3. The highest BCUT2D eigenvalue weighted by molar-refractivity contribution is 7.89. The highest BCUT2D eigenvalue weighted by Gasteiger charge is 2.08. The average molecular weight is 245 g/mol. The van der Waals surface area contributed by atoms with E-state index in [2.05, 4.69) is 9.82 Å². The minimum Gasteiger partial charge on any atom is -0.268 e. The molecular formula is C10H19N3O2S. The Morgan fingerprint density at radius 2 is 1.94 bits per heavy atom. The van der Waals surface area contributed by atoms with Crippen LogP contribution in [0.15, 0.2) is 0 Å². The van der Waals surface area contributed by atoms with Gasteiger partial charge in [0.05, 0.1) is 18.0 Å². The third kappa shape index (κ3) is 3.05. The summed E-state index contributed by atoms with van der Waals surface area (Å²) in [4.78, 5) is 0. The maximum absolute atomic E-state index is 11.2. The van der Waals surface area contributed by atoms with Gasteiger partial charge >= 0.3 is 0 Å². The number of aryl methyl sites for hydroxylation is 1. The third-order valence-electron chi connectivity index (χ3n) is 2.77. The van der Waals surface area contributed by atoms with E-state index in [1.807, 2.05) is 25.5 Å². The van der Waals surface area contributed by atoms with Gasteiger partial charge in [0.2, 0.25) is 10.0 Å². The van der Waals surface area contributed by atoms with Crippen molar-refractivity contribution < 1.29 is 8.42 Å². The minimum absolute atomic E-state index is 0.114. The molecule has 0 fully saturated rings. The normalized spacial score (nSPS) is 12.0. The van der Waals surface area contributed by atoms with Gasteiger partial charge in [-0.15, -0.1) is 0 Å². The lowest BCUT2D eigenvalue weighted by molar-refractivity contribution is 0.555. The van der Waals surface area contributed by atoms with Gasteiger partial charge in [0.25, 0.3) is 0 Å². The van der Waals surface area contributed by atoms with Crippen molar-refractivity contribution in [1.29, 1.82) is 0 Å². The molecule has 1 N–H and O–H groups in total. The van der Waals surface area contributed by atoms with Crippen molar-refractivity contribution in [3.8, 4) is 0 Å². The molecule has 1 heterocycles. The fourth-order valence-corrected chi connectivity index (χ4v) is 2.02. The molecule has 0 bridgehead atoms. The van der Waals surface area contributed by atoms with Crippen LogP contribution in [0.4, 0.5) is 0 Å². The number of nitrogens with zero attached hydrogens (tertiary/aromatic N) is 2. The average Bonchev–Trinajstić information content (AvgIpc) is 2.46. The van der Waals surface area contributed by atoms with Crippen LogP contribution < -0.4 is 4.72 Å². The molecule has 0 aromatic carbocycles. The van der Waals surface area contributed by atoms with E-state index in [-0.39, 0.29) is 5.75 Å². The number of hydrogen-bond acceptors (Lipinski definition) is 3. The predicted octanol–water partition coefficient (Wildman–Crippen LogP) is 0.748. The lowest BCUT2D eigenvalue weighted by Gasteiger charge is -2.06. The van der Waals surface area contributed by atoms with Crippen molar-refractivity contribution in [2.75, 3.05) is 12.3 Å². The molecule has 1 rings (SSSR count). The Hall–Kier alpha value is -0.880. The first-order valence-corrected chi connectivity index (χ1v) is 7.00. The second-order valence-corrected chi connectivity index (χ2v) is 5.91. The van der Waals surface area contributed by atoms with E-state index in [1.54, 1.807) is 6.92 Å². The maximum Gasteiger partial charge on any atom is 0.211 e. The van der Waals surface area contributed by atoms with E-state index in [4.69, 9.17) is 0 Å². The van der Waals surface area contributed by atoms with Crippen molar-refractivity contribution in [3.05, 3.63) is 17.0 Å². The number of nitrogens with one attached hydrogen (secondary N) is 1. The van der Waals surface area contributed by atoms with E-state index < -0.39 is 10.0 Å². The van der Waals surface area contributed by atoms with Crippen LogP contribution in [-0.2, 0) is 16.6 Å². The second-order valence-electron chi connectivity index (χ2n) is 3.82. The molecule has 0 saturated heterocycles. The van der Waals surface area contributed by atoms with Crippen molar-refractivity contribution in [2.45, 2.75) is 34.2 Å². The Kier molecular flexibility index (Phi) is 4.09. The Labute approximate surface area is 96.9 Å². The molecule has 16 heavy (non-hydrogen) atoms. The summed E-state index contributed by atoms with van der Waals surface area (Å²) in [5.41, 5.74) is 3.25. The maximum atomic E-state index is 11.2. The van der Waals surface area contributed by atoms with Gasteiger partial charge in [-0.2, -0.15) is 5.10 Å². The fraction of sp³-hybridized carbons (Fsp3) is 0.700. The van der Waals surface area contributed by atoms with Crippen molar-refractivity contribution in [2.24, 2.45) is 0 Å². The molecule has 1 aromatic rings. The number of aromatic nitrogens is 2. The summed E-state index contributed by atoms with van der Waals surface area (Å²) in [6.45, 7) is 8.54. The van der Waals surface area contributed by atoms with Gasteiger partial charge in [0.15, 0.2) is 0 Å². The van der Waals surface area contributed by atoms with Gasteiger partial charge < -0.3 is 0 Å². The number of hydrogen-bond donors (Lipinski definition) is 1. The largest absolute Gasteiger partial charge is 0.268 e. The molecule has 0 spiro atoms. The Morgan fingerprint density at radius 1 is 1.31 bits per heavy atom. The summed E-state index contributed by atoms with van der Waals surface area (Å²) in [5, 5.41) is 4.34. The molecule has 0 aliphatic carbocycles. The van der Waals surface area contributed by atoms with Crippen LogP contribution in [0.3, 0.4) is 0 Å². The molecule has 0 aliphatic heterocycles. The molecule has 92 valence electrons. The van der Waals surface area contributed by atoms with E-state index in [1.165, 1.54) is 5.56 Å². The van der Waals surface area contributed by atoms with Crippen LogP contribution in [0.25, 0.3) is 0 Å². The summed E-state index contributed by atoms with van der Waals surface area (Å²) < 4.78 is 26.8. The molecule has 0 amide bonds. The van der Waals surface area contributed by atoms with Gasteiger partial charge in [-0.25, -0.2) is 13.1 Å². The summed E-state index contributed by atoms with van der Waals surface area (Å²) in [6.07, 6.45) is 0. The Bertz CT molecular complexity index is 463. The topological polar surface area (TPSA) is 64.0 Å². The van der Waals surface area contributed by atoms with Gasteiger partial charge in [0, 0.05) is 12.2 Å². The molecular weight excluding hydrogens is 226 g/mol. The zero-order valence-electron chi connectivity index (χ0n) is 10.2. The fourth-order valence-electron chi connectivity index (χ4n) is 1.41. The van der Waals surface area contributed by atoms with Gasteiger partial charge in [-0.1, -0.05) is 0 Å². The molecule has 0 aliphatic rings. The smallest absolute Gasteiger partial charge is 0.211 e. The van der Waals surface area contributed by atoms with Crippen molar-refractivity contribution in [3.63, 3.8) is 0 Å². The Morgan fingerprint density at radius 3 is 2.38 bits per heavy atom. The van der Waals surface area contributed by atoms with Crippen molar-refractivity contribution in [1.82, 2.24) is 14.5 Å². The molecule has 0 atom stereocenters. The summed E-state index contributed by atoms with van der Waals surface area (Å²) in [6, 6.07) is 0. The van der Waals surface area contributed by atoms with Crippen LogP contribution in [-0.4, -0.2) is 30.5 Å². The first kappa shape index (κ1) is 13.2. The van der Waals surface area contributed by atoms with E-state index in [9.17, 15) is 8.42 Å². The lowest BCUT2D eigenvalue weighted by atomic mass is 10.2. The van der Waals surface area contributed by atoms with Crippen LogP contribution in [0, 0.1) is 20.8 Å². The van der Waals surface area contributed by atoms with Crippen LogP contribution in [0.1, 0.15) is 23.9 Å². The highest BCUT2D eigenvalue weighted by Crippen LogP contribution is 2.10. The molecule has 6 heteroatoms. The predicted molar refractivity (Wildman–Crippen MR) is 63.9 cm³/mol. The molecule has 0 saturated carbocycles. The molecule has 0 unspecified atom stereocenters. The number of sulfonamides is 1. The first-order valence-electron chi connectivity index (χ1n) is 5.35. The van der Waals surface area contributed by atoms with Crippen LogP contribution in [0.5, 0.6) is 0 Å². The minimum atomic E-state index is -3.10. The number of rotatable bonds is 5. The monoisotopic (exact) mass is 245 g/mol. The van der Waals surface area contributed by atoms with E-state index in [0.717, 1.165) is 11.4 Å². The summed E-state index contributed by atoms with van der Waals surface area (Å²) in [5.74, 6) is 0.114. The third-order valence-corrected chi connectivity index (χ3v) is 4.17. The van der Waals surface area contributed by atoms with Crippen LogP contribution >= 0.6 is 0 Å². The van der Waals surface area contributed by atoms with Gasteiger partial charge in [-0.3, -0.25) is 4.68 Å². The van der Waals surface area contributed by atoms with Crippen molar-refractivity contribution >= 4 is 10.0 Å². The first-order chi connectivity index (χ1) is 7.37. The lowest BCUT2D eigenvalue weighted by Crippen LogP contribution is -2.29. The van der Waals surface area contributed by atoms with Gasteiger partial charge in [-0.05, 0) is 33.3 Å². The molecule has 0 radical (unpaired) electrons. The Balaban J connectivity index is 2.59. The van der Waals surface area contributed by atoms with Gasteiger partial charge in [0.1, 0.15) is 0 Å². The van der Waals surface area contributed by atoms with E-state index in [0.29, 0.717) is 13.1 Å². The molecule has 1 aromatic heterocycles. The second kappa shape index (κ2) is 4.97.